The van der Waals surface area contributed by atoms with Crippen LogP contribution < -0.4 is 5.73 Å². The van der Waals surface area contributed by atoms with E-state index in [1.165, 1.54) is 30.2 Å². The third-order valence-corrected chi connectivity index (χ3v) is 7.79. The van der Waals surface area contributed by atoms with Crippen LogP contribution in [0.2, 0.25) is 0 Å². The lowest BCUT2D eigenvalue weighted by molar-refractivity contribution is -0.132. The summed E-state index contributed by atoms with van der Waals surface area (Å²) in [6, 6.07) is 8.97. The van der Waals surface area contributed by atoms with Crippen LogP contribution in [0, 0.1) is 5.92 Å². The molecule has 2 heterocycles. The van der Waals surface area contributed by atoms with Crippen molar-refractivity contribution in [2.24, 2.45) is 11.7 Å². The predicted octanol–water partition coefficient (Wildman–Crippen LogP) is 4.17. The molecule has 1 aliphatic heterocycles. The first kappa shape index (κ1) is 23.8. The predicted molar refractivity (Wildman–Crippen MR) is 131 cm³/mol. The van der Waals surface area contributed by atoms with Crippen LogP contribution in [0.4, 0.5) is 0 Å². The molecule has 1 saturated heterocycles. The van der Waals surface area contributed by atoms with Crippen LogP contribution in [-0.2, 0) is 15.0 Å². The molecule has 1 aliphatic carbocycles. The van der Waals surface area contributed by atoms with Crippen molar-refractivity contribution in [1.29, 1.82) is 0 Å². The summed E-state index contributed by atoms with van der Waals surface area (Å²) in [5.41, 5.74) is 7.91. The molecule has 0 radical (unpaired) electrons. The molecule has 4 rings (SSSR count). The Morgan fingerprint density at radius 2 is 1.76 bits per heavy atom. The first-order chi connectivity index (χ1) is 15.7. The van der Waals surface area contributed by atoms with Gasteiger partial charge in [-0.05, 0) is 36.7 Å². The number of primary amides is 1. The molecule has 2 aliphatic rings. The van der Waals surface area contributed by atoms with Crippen LogP contribution in [0.5, 0.6) is 0 Å². The number of nitrogens with zero attached hydrogens (tertiary/aromatic N) is 4. The Balaban J connectivity index is 1.52. The number of carbonyl (C=O) groups excluding carboxylic acids is 2. The van der Waals surface area contributed by atoms with Gasteiger partial charge in [0.15, 0.2) is 11.0 Å². The summed E-state index contributed by atoms with van der Waals surface area (Å²) in [6.07, 6.45) is 6.21. The zero-order chi connectivity index (χ0) is 23.6. The maximum Gasteiger partial charge on any atom is 0.233 e. The number of nitrogens with two attached hydrogens (primary N) is 1. The monoisotopic (exact) mass is 469 g/mol. The molecule has 2 aromatic rings. The van der Waals surface area contributed by atoms with Gasteiger partial charge in [-0.25, -0.2) is 0 Å². The average Bonchev–Trinajstić information content (AvgIpc) is 3.46. The van der Waals surface area contributed by atoms with Gasteiger partial charge in [0.25, 0.3) is 0 Å². The van der Waals surface area contributed by atoms with Crippen LogP contribution in [0.1, 0.15) is 70.9 Å². The van der Waals surface area contributed by atoms with Crippen molar-refractivity contribution in [2.75, 3.05) is 18.8 Å². The molecule has 178 valence electrons. The second kappa shape index (κ2) is 9.87. The Hall–Kier alpha value is -2.35. The van der Waals surface area contributed by atoms with E-state index < -0.39 is 0 Å². The molecule has 0 spiro atoms. The zero-order valence-corrected chi connectivity index (χ0v) is 20.7. The van der Waals surface area contributed by atoms with Crippen LogP contribution in [0.3, 0.4) is 0 Å². The Kier molecular flexibility index (Phi) is 7.12. The average molecular weight is 470 g/mol. The van der Waals surface area contributed by atoms with E-state index in [0.29, 0.717) is 24.9 Å². The minimum absolute atomic E-state index is 0.0306. The second-order valence-corrected chi connectivity index (χ2v) is 11.3. The summed E-state index contributed by atoms with van der Waals surface area (Å²) in [6.45, 7) is 7.74. The second-order valence-electron chi connectivity index (χ2n) is 10.3. The number of hydrogen-bond donors (Lipinski definition) is 1. The third-order valence-electron chi connectivity index (χ3n) is 6.86. The molecule has 1 aromatic carbocycles. The number of amides is 2. The molecule has 2 amide bonds. The number of likely N-dealkylation sites (tertiary alicyclic amines) is 1. The minimum atomic E-state index is -0.316. The van der Waals surface area contributed by atoms with Crippen molar-refractivity contribution in [3.63, 3.8) is 0 Å². The number of aromatic nitrogens is 3. The molecule has 0 unspecified atom stereocenters. The lowest BCUT2D eigenvalue weighted by Gasteiger charge is -2.31. The van der Waals surface area contributed by atoms with Crippen molar-refractivity contribution in [3.05, 3.63) is 29.8 Å². The molecule has 1 aromatic heterocycles. The number of benzene rings is 1. The van der Waals surface area contributed by atoms with E-state index in [9.17, 15) is 9.59 Å². The molecule has 33 heavy (non-hydrogen) atoms. The number of rotatable bonds is 6. The van der Waals surface area contributed by atoms with Gasteiger partial charge in [-0.1, -0.05) is 69.6 Å². The van der Waals surface area contributed by atoms with Crippen LogP contribution >= 0.6 is 11.8 Å². The molecule has 2 fully saturated rings. The summed E-state index contributed by atoms with van der Waals surface area (Å²) in [7, 11) is 0. The van der Waals surface area contributed by atoms with Crippen molar-refractivity contribution >= 4 is 23.6 Å². The van der Waals surface area contributed by atoms with E-state index in [0.717, 1.165) is 42.2 Å². The summed E-state index contributed by atoms with van der Waals surface area (Å²) >= 11 is 1.45. The molecular weight excluding hydrogens is 434 g/mol. The number of carbonyl (C=O) groups is 2. The number of piperidine rings is 1. The smallest absolute Gasteiger partial charge is 0.233 e. The largest absolute Gasteiger partial charge is 0.369 e. The highest BCUT2D eigenvalue weighted by atomic mass is 32.2. The standard InChI is InChI=1S/C25H35N5O2S/c1-25(2,3)19-12-10-17(11-13-19)23-27-28-24(30(23)20-8-4-5-9-20)33-16-21(31)29-14-6-7-18(15-29)22(26)32/h10-13,18,20H,4-9,14-16H2,1-3H3,(H2,26,32)/t18-/m1/s1. The summed E-state index contributed by atoms with van der Waals surface area (Å²) in [4.78, 5) is 26.2. The fraction of sp³-hybridized carbons (Fsp3) is 0.600. The van der Waals surface area contributed by atoms with Crippen molar-refractivity contribution in [3.8, 4) is 11.4 Å². The Labute approximate surface area is 200 Å². The van der Waals surface area contributed by atoms with Crippen LogP contribution in [0.25, 0.3) is 11.4 Å². The number of hydrogen-bond acceptors (Lipinski definition) is 5. The van der Waals surface area contributed by atoms with Gasteiger partial charge in [0.1, 0.15) is 0 Å². The molecule has 1 saturated carbocycles. The Morgan fingerprint density at radius 3 is 2.39 bits per heavy atom. The molecule has 2 N–H and O–H groups in total. The summed E-state index contributed by atoms with van der Waals surface area (Å²) in [5, 5.41) is 9.85. The molecule has 8 heteroatoms. The molecule has 1 atom stereocenters. The topological polar surface area (TPSA) is 94.1 Å². The maximum absolute atomic E-state index is 12.9. The van der Waals surface area contributed by atoms with Gasteiger partial charge in [-0.3, -0.25) is 14.2 Å². The lowest BCUT2D eigenvalue weighted by atomic mass is 9.86. The van der Waals surface area contributed by atoms with Crippen LogP contribution in [-0.4, -0.2) is 50.3 Å². The van der Waals surface area contributed by atoms with E-state index in [1.54, 1.807) is 4.90 Å². The molecule has 0 bridgehead atoms. The van der Waals surface area contributed by atoms with Crippen LogP contribution in [0.15, 0.2) is 29.4 Å². The number of thioether (sulfide) groups is 1. The van der Waals surface area contributed by atoms with Gasteiger partial charge >= 0.3 is 0 Å². The van der Waals surface area contributed by atoms with Gasteiger partial charge in [-0.15, -0.1) is 10.2 Å². The summed E-state index contributed by atoms with van der Waals surface area (Å²) in [5.74, 6) is 0.645. The fourth-order valence-corrected chi connectivity index (χ4v) is 5.75. The lowest BCUT2D eigenvalue weighted by Crippen LogP contribution is -2.44. The first-order valence-corrected chi connectivity index (χ1v) is 13.0. The van der Waals surface area contributed by atoms with Crippen molar-refractivity contribution in [2.45, 2.75) is 75.9 Å². The van der Waals surface area contributed by atoms with Gasteiger partial charge in [0.2, 0.25) is 11.8 Å². The molecule has 7 nitrogen and oxygen atoms in total. The zero-order valence-electron chi connectivity index (χ0n) is 19.9. The van der Waals surface area contributed by atoms with E-state index in [2.05, 4.69) is 59.8 Å². The van der Waals surface area contributed by atoms with Gasteiger partial charge in [-0.2, -0.15) is 0 Å². The fourth-order valence-electron chi connectivity index (χ4n) is 4.84. The van der Waals surface area contributed by atoms with E-state index in [1.807, 2.05) is 0 Å². The Bertz CT molecular complexity index is 989. The highest BCUT2D eigenvalue weighted by Crippen LogP contribution is 2.37. The highest BCUT2D eigenvalue weighted by molar-refractivity contribution is 7.99. The maximum atomic E-state index is 12.9. The first-order valence-electron chi connectivity index (χ1n) is 12.0. The normalized spacial score (nSPS) is 19.7. The minimum Gasteiger partial charge on any atom is -0.369 e. The highest BCUT2D eigenvalue weighted by Gasteiger charge is 2.29. The Morgan fingerprint density at radius 1 is 1.06 bits per heavy atom. The summed E-state index contributed by atoms with van der Waals surface area (Å²) < 4.78 is 2.25. The van der Waals surface area contributed by atoms with Gasteiger partial charge in [0.05, 0.1) is 11.7 Å². The quantitative estimate of drug-likeness (QED) is 0.641. The van der Waals surface area contributed by atoms with Gasteiger partial charge < -0.3 is 10.6 Å². The van der Waals surface area contributed by atoms with E-state index in [-0.39, 0.29) is 23.1 Å². The van der Waals surface area contributed by atoms with E-state index in [4.69, 9.17) is 5.73 Å². The van der Waals surface area contributed by atoms with Crippen molar-refractivity contribution < 1.29 is 9.59 Å². The third kappa shape index (κ3) is 5.42. The molecular formula is C25H35N5O2S. The van der Waals surface area contributed by atoms with E-state index >= 15 is 0 Å². The van der Waals surface area contributed by atoms with Crippen molar-refractivity contribution in [1.82, 2.24) is 19.7 Å². The van der Waals surface area contributed by atoms with Gasteiger partial charge in [0, 0.05) is 24.7 Å². The SMILES string of the molecule is CC(C)(C)c1ccc(-c2nnc(SCC(=O)N3CCC[C@@H](C(N)=O)C3)n2C2CCCC2)cc1.